The van der Waals surface area contributed by atoms with Crippen LogP contribution in [0.3, 0.4) is 0 Å². The number of ether oxygens (including phenoxy) is 2. The van der Waals surface area contributed by atoms with Crippen molar-refractivity contribution in [1.29, 1.82) is 0 Å². The summed E-state index contributed by atoms with van der Waals surface area (Å²) < 4.78 is 39.9. The lowest BCUT2D eigenvalue weighted by Crippen LogP contribution is -2.41. The van der Waals surface area contributed by atoms with Gasteiger partial charge in [0, 0.05) is 11.6 Å². The molecule has 0 saturated carbocycles. The van der Waals surface area contributed by atoms with Gasteiger partial charge in [-0.2, -0.15) is 0 Å². The van der Waals surface area contributed by atoms with Crippen molar-refractivity contribution in [1.82, 2.24) is 5.32 Å². The highest BCUT2D eigenvalue weighted by Gasteiger charge is 2.26. The Morgan fingerprint density at radius 1 is 1.09 bits per heavy atom. The summed E-state index contributed by atoms with van der Waals surface area (Å²) in [4.78, 5) is 13.0. The lowest BCUT2D eigenvalue weighted by atomic mass is 10.1. The molecule has 0 aliphatic carbocycles. The number of amides is 1. The molecule has 1 heterocycles. The molecule has 0 unspecified atom stereocenters. The minimum Gasteiger partial charge on any atom is -0.456 e. The van der Waals surface area contributed by atoms with Gasteiger partial charge in [-0.05, 0) is 74.4 Å². The van der Waals surface area contributed by atoms with E-state index in [0.717, 1.165) is 12.8 Å². The molecule has 10 heteroatoms. The Hall–Kier alpha value is -2.78. The van der Waals surface area contributed by atoms with Crippen molar-refractivity contribution in [3.63, 3.8) is 0 Å². The van der Waals surface area contributed by atoms with Crippen LogP contribution in [-0.2, 0) is 14.8 Å². The van der Waals surface area contributed by atoms with Gasteiger partial charge < -0.3 is 14.8 Å². The number of carbonyl (C=O) groups is 1. The molecule has 184 valence electrons. The minimum absolute atomic E-state index is 0.00181. The smallest absolute Gasteiger partial charge is 0.261 e. The van der Waals surface area contributed by atoms with Gasteiger partial charge in [-0.25, -0.2) is 8.42 Å². The number of halogens is 2. The van der Waals surface area contributed by atoms with Crippen molar-refractivity contribution >= 4 is 44.8 Å². The molecule has 4 rings (SSSR count). The van der Waals surface area contributed by atoms with Crippen LogP contribution in [0.2, 0.25) is 10.0 Å². The molecule has 1 fully saturated rings. The monoisotopic (exact) mass is 534 g/mol. The van der Waals surface area contributed by atoms with E-state index in [1.807, 2.05) is 6.92 Å². The summed E-state index contributed by atoms with van der Waals surface area (Å²) in [5.74, 6) is 0.431. The van der Waals surface area contributed by atoms with Gasteiger partial charge in [-0.1, -0.05) is 35.3 Å². The summed E-state index contributed by atoms with van der Waals surface area (Å²) in [5, 5.41) is 3.63. The molecule has 0 spiro atoms. The number of anilines is 1. The summed E-state index contributed by atoms with van der Waals surface area (Å²) in [6.45, 7) is 2.52. The molecular weight excluding hydrogens is 511 g/mol. The average molecular weight is 535 g/mol. The van der Waals surface area contributed by atoms with Crippen LogP contribution in [0.5, 0.6) is 11.5 Å². The molecule has 3 aromatic rings. The van der Waals surface area contributed by atoms with Crippen LogP contribution in [0, 0.1) is 0 Å². The molecule has 0 bridgehead atoms. The fourth-order valence-corrected chi connectivity index (χ4v) is 5.14. The van der Waals surface area contributed by atoms with Crippen LogP contribution in [0.15, 0.2) is 71.6 Å². The highest BCUT2D eigenvalue weighted by molar-refractivity contribution is 7.92. The third-order valence-electron chi connectivity index (χ3n) is 5.55. The molecule has 2 atom stereocenters. The van der Waals surface area contributed by atoms with Crippen LogP contribution in [0.25, 0.3) is 0 Å². The first-order chi connectivity index (χ1) is 16.7. The molecule has 0 radical (unpaired) electrons. The Balaban J connectivity index is 1.51. The van der Waals surface area contributed by atoms with Gasteiger partial charge in [0.1, 0.15) is 11.5 Å². The molecule has 3 aromatic carbocycles. The number of benzene rings is 3. The Bertz CT molecular complexity index is 1310. The van der Waals surface area contributed by atoms with E-state index in [1.165, 1.54) is 42.5 Å². The Morgan fingerprint density at radius 2 is 1.83 bits per heavy atom. The normalized spacial score (nSPS) is 16.5. The summed E-state index contributed by atoms with van der Waals surface area (Å²) in [5.41, 5.74) is 0.229. The predicted octanol–water partition coefficient (Wildman–Crippen LogP) is 5.88. The van der Waals surface area contributed by atoms with Gasteiger partial charge in [0.15, 0.2) is 0 Å². The Kier molecular flexibility index (Phi) is 7.86. The van der Waals surface area contributed by atoms with Crippen molar-refractivity contribution in [3.8, 4) is 11.5 Å². The second kappa shape index (κ2) is 10.9. The van der Waals surface area contributed by atoms with Crippen molar-refractivity contribution in [2.75, 3.05) is 11.3 Å². The molecule has 35 heavy (non-hydrogen) atoms. The first-order valence-electron chi connectivity index (χ1n) is 11.0. The maximum absolute atomic E-state index is 13.1. The molecule has 7 nitrogen and oxygen atoms in total. The van der Waals surface area contributed by atoms with Gasteiger partial charge in [-0.15, -0.1) is 0 Å². The van der Waals surface area contributed by atoms with Crippen LogP contribution < -0.4 is 14.8 Å². The average Bonchev–Trinajstić information content (AvgIpc) is 3.37. The maximum Gasteiger partial charge on any atom is 0.261 e. The number of sulfonamides is 1. The molecule has 1 amide bonds. The van der Waals surface area contributed by atoms with E-state index < -0.39 is 15.9 Å². The maximum atomic E-state index is 13.1. The Labute approximate surface area is 214 Å². The lowest BCUT2D eigenvalue weighted by molar-refractivity contribution is 0.0713. The van der Waals surface area contributed by atoms with E-state index in [2.05, 4.69) is 10.0 Å². The van der Waals surface area contributed by atoms with E-state index in [1.54, 1.807) is 24.3 Å². The number of para-hydroxylation sites is 1. The molecule has 0 aromatic heterocycles. The van der Waals surface area contributed by atoms with Crippen molar-refractivity contribution < 1.29 is 22.7 Å². The highest BCUT2D eigenvalue weighted by atomic mass is 35.5. The number of hydrogen-bond donors (Lipinski definition) is 2. The number of nitrogens with one attached hydrogen (secondary N) is 2. The molecule has 1 aliphatic heterocycles. The first-order valence-corrected chi connectivity index (χ1v) is 13.2. The van der Waals surface area contributed by atoms with E-state index in [-0.39, 0.29) is 28.3 Å². The zero-order valence-corrected chi connectivity index (χ0v) is 21.2. The standard InChI is InChI=1S/C25H24Cl2N2O5S/c1-16(23-7-4-14-33-23)28-25(30)20-15-17(26)8-13-22(20)29-35(31,32)19-11-9-18(10-12-19)34-24-6-3-2-5-21(24)27/h2-3,5-6,8-13,15-16,23,29H,4,7,14H2,1H3,(H,28,30)/t16-,23-/m1/s1. The minimum atomic E-state index is -4.00. The fourth-order valence-electron chi connectivity index (χ4n) is 3.71. The van der Waals surface area contributed by atoms with Crippen LogP contribution in [0.4, 0.5) is 5.69 Å². The third kappa shape index (κ3) is 6.27. The van der Waals surface area contributed by atoms with Crippen molar-refractivity contribution in [3.05, 3.63) is 82.3 Å². The quantitative estimate of drug-likeness (QED) is 0.376. The van der Waals surface area contributed by atoms with E-state index in [0.29, 0.717) is 28.2 Å². The number of rotatable bonds is 8. The zero-order valence-electron chi connectivity index (χ0n) is 18.8. The van der Waals surface area contributed by atoms with Crippen LogP contribution in [-0.4, -0.2) is 33.1 Å². The summed E-state index contributed by atoms with van der Waals surface area (Å²) in [6.07, 6.45) is 1.71. The SMILES string of the molecule is C[C@@H](NC(=O)c1cc(Cl)ccc1NS(=O)(=O)c1ccc(Oc2ccccc2Cl)cc1)[C@H]1CCCO1. The largest absolute Gasteiger partial charge is 0.456 e. The van der Waals surface area contributed by atoms with Gasteiger partial charge in [-0.3, -0.25) is 9.52 Å². The van der Waals surface area contributed by atoms with Crippen LogP contribution in [0.1, 0.15) is 30.1 Å². The molecule has 2 N–H and O–H groups in total. The van der Waals surface area contributed by atoms with Crippen molar-refractivity contribution in [2.45, 2.75) is 36.8 Å². The summed E-state index contributed by atoms with van der Waals surface area (Å²) in [6, 6.07) is 17.0. The molecule has 1 aliphatic rings. The van der Waals surface area contributed by atoms with E-state index in [9.17, 15) is 13.2 Å². The molecular formula is C25H24Cl2N2O5S. The van der Waals surface area contributed by atoms with Gasteiger partial charge in [0.2, 0.25) is 0 Å². The van der Waals surface area contributed by atoms with E-state index in [4.69, 9.17) is 32.7 Å². The predicted molar refractivity (Wildman–Crippen MR) is 136 cm³/mol. The third-order valence-corrected chi connectivity index (χ3v) is 7.48. The second-order valence-corrected chi connectivity index (χ2v) is 10.6. The topological polar surface area (TPSA) is 93.7 Å². The second-order valence-electron chi connectivity index (χ2n) is 8.11. The number of carbonyl (C=O) groups excluding carboxylic acids is 1. The van der Waals surface area contributed by atoms with Gasteiger partial charge >= 0.3 is 0 Å². The zero-order chi connectivity index (χ0) is 25.0. The molecule has 1 saturated heterocycles. The van der Waals surface area contributed by atoms with Gasteiger partial charge in [0.05, 0.1) is 33.3 Å². The fraction of sp³-hybridized carbons (Fsp3) is 0.240. The summed E-state index contributed by atoms with van der Waals surface area (Å²) in [7, 11) is -4.00. The lowest BCUT2D eigenvalue weighted by Gasteiger charge is -2.21. The highest BCUT2D eigenvalue weighted by Crippen LogP contribution is 2.30. The van der Waals surface area contributed by atoms with Gasteiger partial charge in [0.25, 0.3) is 15.9 Å². The Morgan fingerprint density at radius 3 is 2.51 bits per heavy atom. The first kappa shape index (κ1) is 25.3. The van der Waals surface area contributed by atoms with Crippen LogP contribution >= 0.6 is 23.2 Å². The van der Waals surface area contributed by atoms with E-state index >= 15 is 0 Å². The number of hydrogen-bond acceptors (Lipinski definition) is 5. The van der Waals surface area contributed by atoms with Crippen molar-refractivity contribution in [2.24, 2.45) is 0 Å². The summed E-state index contributed by atoms with van der Waals surface area (Å²) >= 11 is 12.2.